The summed E-state index contributed by atoms with van der Waals surface area (Å²) in [6.07, 6.45) is 4.00. The molecule has 0 saturated carbocycles. The van der Waals surface area contributed by atoms with Gasteiger partial charge in [-0.15, -0.1) is 0 Å². The molecule has 7 nitrogen and oxygen atoms in total. The summed E-state index contributed by atoms with van der Waals surface area (Å²) in [4.78, 5) is 29.2. The van der Waals surface area contributed by atoms with E-state index in [2.05, 4.69) is 9.72 Å². The molecule has 0 aromatic carbocycles. The van der Waals surface area contributed by atoms with Crippen molar-refractivity contribution in [1.82, 2.24) is 4.98 Å². The van der Waals surface area contributed by atoms with E-state index in [0.29, 0.717) is 18.8 Å². The zero-order valence-corrected chi connectivity index (χ0v) is 11.3. The van der Waals surface area contributed by atoms with Gasteiger partial charge < -0.3 is 21.1 Å². The number of nitrogens with two attached hydrogens (primary N) is 2. The normalized spacial score (nSPS) is 18.6. The van der Waals surface area contributed by atoms with Gasteiger partial charge in [0.25, 0.3) is 0 Å². The number of piperidine rings is 1. The lowest BCUT2D eigenvalue weighted by molar-refractivity contribution is -0.119. The van der Waals surface area contributed by atoms with Crippen molar-refractivity contribution < 1.29 is 14.3 Å². The molecular weight excluding hydrogens is 260 g/mol. The standard InChI is InChI=1S/C13H18N4O3/c1-20-13(19)8-5-6-16-12(10(8)14)17-7-3-2-4-9(17)11(15)18/h5-6,9H,2-4,7,14H2,1H3,(H2,15,18). The smallest absolute Gasteiger partial charge is 0.340 e. The minimum atomic E-state index is -0.529. The lowest BCUT2D eigenvalue weighted by Gasteiger charge is -2.35. The third-order valence-corrected chi connectivity index (χ3v) is 3.48. The summed E-state index contributed by atoms with van der Waals surface area (Å²) < 4.78 is 4.68. The van der Waals surface area contributed by atoms with E-state index in [9.17, 15) is 9.59 Å². The molecule has 0 aliphatic carbocycles. The molecule has 20 heavy (non-hydrogen) atoms. The highest BCUT2D eigenvalue weighted by atomic mass is 16.5. The molecule has 7 heteroatoms. The Morgan fingerprint density at radius 3 is 2.85 bits per heavy atom. The zero-order chi connectivity index (χ0) is 14.7. The molecule has 0 bridgehead atoms. The topological polar surface area (TPSA) is 112 Å². The predicted octanol–water partition coefficient (Wildman–Crippen LogP) is 0.295. The SMILES string of the molecule is COC(=O)c1ccnc(N2CCCCC2C(N)=O)c1N. The number of nitrogens with zero attached hydrogens (tertiary/aromatic N) is 2. The number of carbonyl (C=O) groups is 2. The number of carbonyl (C=O) groups excluding carboxylic acids is 2. The van der Waals surface area contributed by atoms with Gasteiger partial charge in [-0.3, -0.25) is 4.79 Å². The number of esters is 1. The first-order chi connectivity index (χ1) is 9.56. The molecule has 1 aliphatic rings. The molecular formula is C13H18N4O3. The zero-order valence-electron chi connectivity index (χ0n) is 11.3. The van der Waals surface area contributed by atoms with Crippen molar-refractivity contribution in [2.75, 3.05) is 24.3 Å². The van der Waals surface area contributed by atoms with E-state index >= 15 is 0 Å². The predicted molar refractivity (Wildman–Crippen MR) is 74.2 cm³/mol. The number of primary amides is 1. The largest absolute Gasteiger partial charge is 0.465 e. The Balaban J connectivity index is 2.40. The molecule has 1 aromatic heterocycles. The van der Waals surface area contributed by atoms with E-state index in [-0.39, 0.29) is 11.3 Å². The van der Waals surface area contributed by atoms with Crippen molar-refractivity contribution >= 4 is 23.4 Å². The first-order valence-corrected chi connectivity index (χ1v) is 6.45. The molecule has 1 unspecified atom stereocenters. The molecule has 0 spiro atoms. The minimum absolute atomic E-state index is 0.215. The Morgan fingerprint density at radius 1 is 1.45 bits per heavy atom. The summed E-state index contributed by atoms with van der Waals surface area (Å²) in [6.45, 7) is 0.634. The quantitative estimate of drug-likeness (QED) is 0.769. The maximum atomic E-state index is 11.6. The summed E-state index contributed by atoms with van der Waals surface area (Å²) in [5, 5.41) is 0. The van der Waals surface area contributed by atoms with Crippen molar-refractivity contribution in [2.24, 2.45) is 5.73 Å². The summed E-state index contributed by atoms with van der Waals surface area (Å²) in [6, 6.07) is 1.06. The molecule has 1 aromatic rings. The van der Waals surface area contributed by atoms with Gasteiger partial charge in [0.2, 0.25) is 5.91 Å². The molecule has 1 atom stereocenters. The van der Waals surface area contributed by atoms with Crippen LogP contribution < -0.4 is 16.4 Å². The summed E-state index contributed by atoms with van der Waals surface area (Å²) in [5.74, 6) is -0.524. The monoisotopic (exact) mass is 278 g/mol. The molecule has 2 rings (SSSR count). The molecule has 1 amide bonds. The van der Waals surface area contributed by atoms with Crippen molar-refractivity contribution in [1.29, 1.82) is 0 Å². The Bertz CT molecular complexity index is 532. The number of nitrogen functional groups attached to an aromatic ring is 1. The van der Waals surface area contributed by atoms with Gasteiger partial charge in [0.15, 0.2) is 5.82 Å². The van der Waals surface area contributed by atoms with Crippen LogP contribution in [-0.2, 0) is 9.53 Å². The van der Waals surface area contributed by atoms with Crippen LogP contribution in [0.4, 0.5) is 11.5 Å². The molecule has 108 valence electrons. The minimum Gasteiger partial charge on any atom is -0.465 e. The molecule has 1 saturated heterocycles. The Labute approximate surface area is 116 Å². The first-order valence-electron chi connectivity index (χ1n) is 6.45. The summed E-state index contributed by atoms with van der Waals surface area (Å²) in [7, 11) is 1.29. The first kappa shape index (κ1) is 14.1. The van der Waals surface area contributed by atoms with Gasteiger partial charge in [0, 0.05) is 12.7 Å². The molecule has 2 heterocycles. The fourth-order valence-electron chi connectivity index (χ4n) is 2.46. The maximum Gasteiger partial charge on any atom is 0.340 e. The second-order valence-corrected chi connectivity index (χ2v) is 4.69. The van der Waals surface area contributed by atoms with Gasteiger partial charge in [-0.25, -0.2) is 9.78 Å². The molecule has 0 radical (unpaired) electrons. The van der Waals surface area contributed by atoms with Crippen molar-refractivity contribution in [3.63, 3.8) is 0 Å². The second kappa shape index (κ2) is 5.77. The fourth-order valence-corrected chi connectivity index (χ4v) is 2.46. The van der Waals surface area contributed by atoms with Crippen molar-refractivity contribution in [2.45, 2.75) is 25.3 Å². The lowest BCUT2D eigenvalue weighted by atomic mass is 10.0. The number of ether oxygens (including phenoxy) is 1. The highest BCUT2D eigenvalue weighted by molar-refractivity contribution is 5.98. The van der Waals surface area contributed by atoms with E-state index in [4.69, 9.17) is 11.5 Å². The number of anilines is 2. The lowest BCUT2D eigenvalue weighted by Crippen LogP contribution is -2.48. The van der Waals surface area contributed by atoms with E-state index in [1.165, 1.54) is 19.4 Å². The van der Waals surface area contributed by atoms with Crippen molar-refractivity contribution in [3.05, 3.63) is 17.8 Å². The summed E-state index contributed by atoms with van der Waals surface area (Å²) >= 11 is 0. The Hall–Kier alpha value is -2.31. The highest BCUT2D eigenvalue weighted by Crippen LogP contribution is 2.30. The average Bonchev–Trinajstić information content (AvgIpc) is 2.46. The average molecular weight is 278 g/mol. The summed E-state index contributed by atoms with van der Waals surface area (Å²) in [5.41, 5.74) is 11.9. The van der Waals surface area contributed by atoms with Gasteiger partial charge in [-0.2, -0.15) is 0 Å². The molecule has 1 aliphatic heterocycles. The van der Waals surface area contributed by atoms with Crippen LogP contribution in [0, 0.1) is 0 Å². The third kappa shape index (κ3) is 2.52. The number of pyridine rings is 1. The van der Waals surface area contributed by atoms with Crippen molar-refractivity contribution in [3.8, 4) is 0 Å². The Kier molecular flexibility index (Phi) is 4.07. The number of aromatic nitrogens is 1. The van der Waals surface area contributed by atoms with Crippen LogP contribution in [0.3, 0.4) is 0 Å². The van der Waals surface area contributed by atoms with Crippen LogP contribution in [0.25, 0.3) is 0 Å². The van der Waals surface area contributed by atoms with E-state index in [1.54, 1.807) is 4.90 Å². The maximum absolute atomic E-state index is 11.6. The molecule has 4 N–H and O–H groups in total. The number of rotatable bonds is 3. The van der Waals surface area contributed by atoms with Gasteiger partial charge >= 0.3 is 5.97 Å². The van der Waals surface area contributed by atoms with Crippen LogP contribution in [0.1, 0.15) is 29.6 Å². The number of methoxy groups -OCH3 is 1. The van der Waals surface area contributed by atoms with Gasteiger partial charge in [0.1, 0.15) is 6.04 Å². The van der Waals surface area contributed by atoms with Gasteiger partial charge in [-0.05, 0) is 25.3 Å². The van der Waals surface area contributed by atoms with E-state index in [1.807, 2.05) is 0 Å². The van der Waals surface area contributed by atoms with E-state index in [0.717, 1.165) is 12.8 Å². The van der Waals surface area contributed by atoms with E-state index < -0.39 is 17.9 Å². The van der Waals surface area contributed by atoms with Gasteiger partial charge in [-0.1, -0.05) is 0 Å². The highest BCUT2D eigenvalue weighted by Gasteiger charge is 2.30. The fraction of sp³-hybridized carbons (Fsp3) is 0.462. The Morgan fingerprint density at radius 2 is 2.20 bits per heavy atom. The van der Waals surface area contributed by atoms with Crippen LogP contribution in [0.5, 0.6) is 0 Å². The van der Waals surface area contributed by atoms with Crippen LogP contribution in [-0.4, -0.2) is 36.6 Å². The number of hydrogen-bond acceptors (Lipinski definition) is 6. The van der Waals surface area contributed by atoms with Crippen LogP contribution in [0.2, 0.25) is 0 Å². The number of hydrogen-bond donors (Lipinski definition) is 2. The third-order valence-electron chi connectivity index (χ3n) is 3.48. The van der Waals surface area contributed by atoms with Crippen LogP contribution >= 0.6 is 0 Å². The molecule has 1 fully saturated rings. The second-order valence-electron chi connectivity index (χ2n) is 4.69. The van der Waals surface area contributed by atoms with Gasteiger partial charge in [0.05, 0.1) is 18.4 Å². The number of amides is 1. The van der Waals surface area contributed by atoms with Crippen LogP contribution in [0.15, 0.2) is 12.3 Å².